The molecule has 1 aromatic carbocycles. The first-order valence-corrected chi connectivity index (χ1v) is 19.7. The van der Waals surface area contributed by atoms with E-state index >= 15 is 8.78 Å². The van der Waals surface area contributed by atoms with Gasteiger partial charge in [-0.3, -0.25) is 19.3 Å². The summed E-state index contributed by atoms with van der Waals surface area (Å²) in [4.78, 5) is 42.3. The Bertz CT molecular complexity index is 1410. The van der Waals surface area contributed by atoms with Crippen LogP contribution in [-0.4, -0.2) is 136 Å². The van der Waals surface area contributed by atoms with Crippen LogP contribution in [0, 0.1) is 5.92 Å². The van der Waals surface area contributed by atoms with Crippen LogP contribution in [0.3, 0.4) is 0 Å². The molecule has 3 amide bonds. The number of alkyl halides is 2. The molecule has 2 saturated heterocycles. The molecule has 6 N–H and O–H groups in total. The van der Waals surface area contributed by atoms with Gasteiger partial charge in [0, 0.05) is 52.4 Å². The van der Waals surface area contributed by atoms with Gasteiger partial charge in [0.05, 0.1) is 19.3 Å². The Kier molecular flexibility index (Phi) is 16.4. The summed E-state index contributed by atoms with van der Waals surface area (Å²) in [5.41, 5.74) is 0.663. The number of hydrogen-bond donors (Lipinski definition) is 6. The maximum Gasteiger partial charge on any atom is 0.351 e. The summed E-state index contributed by atoms with van der Waals surface area (Å²) in [6, 6.07) is 4.58. The zero-order valence-electron chi connectivity index (χ0n) is 29.7. The SMILES string of the molecule is C=CC[C@H](NC(=O)C(Cc1ccccc1)NS(=O)(=O)N1CCNCC1)C(=O)N[C@@H](CC1CCCCC1)C(O)C(F)(F)C(=O)NCCN1CCOCC1. The molecule has 0 bridgehead atoms. The van der Waals surface area contributed by atoms with Gasteiger partial charge < -0.3 is 31.1 Å². The number of morpholine rings is 1. The van der Waals surface area contributed by atoms with Gasteiger partial charge in [-0.2, -0.15) is 26.2 Å². The van der Waals surface area contributed by atoms with Crippen LogP contribution in [0.1, 0.15) is 50.5 Å². The summed E-state index contributed by atoms with van der Waals surface area (Å²) in [5, 5.41) is 21.5. The van der Waals surface area contributed by atoms with Crippen molar-refractivity contribution >= 4 is 27.9 Å². The third-order valence-electron chi connectivity index (χ3n) is 9.85. The zero-order valence-corrected chi connectivity index (χ0v) is 30.6. The molecule has 3 fully saturated rings. The lowest BCUT2D eigenvalue weighted by Gasteiger charge is -2.34. The van der Waals surface area contributed by atoms with Gasteiger partial charge in [-0.15, -0.1) is 6.58 Å². The Labute approximate surface area is 305 Å². The van der Waals surface area contributed by atoms with Gasteiger partial charge in [0.2, 0.25) is 11.8 Å². The molecule has 1 saturated carbocycles. The molecule has 52 heavy (non-hydrogen) atoms. The molecular weight excluding hydrogens is 700 g/mol. The summed E-state index contributed by atoms with van der Waals surface area (Å²) in [6.45, 7) is 7.50. The number of carbonyl (C=O) groups excluding carboxylic acids is 3. The Balaban J connectivity index is 1.48. The molecule has 0 radical (unpaired) electrons. The van der Waals surface area contributed by atoms with E-state index in [1.54, 1.807) is 30.3 Å². The van der Waals surface area contributed by atoms with Crippen LogP contribution in [0.4, 0.5) is 8.78 Å². The van der Waals surface area contributed by atoms with Crippen molar-refractivity contribution in [1.82, 2.24) is 35.2 Å². The van der Waals surface area contributed by atoms with Gasteiger partial charge in [-0.05, 0) is 30.7 Å². The van der Waals surface area contributed by atoms with Gasteiger partial charge in [0.1, 0.15) is 18.2 Å². The second-order valence-corrected chi connectivity index (χ2v) is 15.4. The molecule has 1 aromatic rings. The van der Waals surface area contributed by atoms with Crippen molar-refractivity contribution in [2.24, 2.45) is 5.92 Å². The molecule has 292 valence electrons. The van der Waals surface area contributed by atoms with Crippen LogP contribution >= 0.6 is 0 Å². The fourth-order valence-corrected chi connectivity index (χ4v) is 8.20. The van der Waals surface area contributed by atoms with Crippen molar-refractivity contribution in [2.75, 3.05) is 65.6 Å². The van der Waals surface area contributed by atoms with E-state index in [1.807, 2.05) is 4.90 Å². The second-order valence-electron chi connectivity index (χ2n) is 13.7. The Morgan fingerprint density at radius 1 is 1.00 bits per heavy atom. The number of aliphatic hydroxyl groups excluding tert-OH is 1. The Hall–Kier alpha value is -3.06. The minimum absolute atomic E-state index is 0.000562. The van der Waals surface area contributed by atoms with E-state index in [0.717, 1.165) is 32.1 Å². The molecule has 2 unspecified atom stereocenters. The highest BCUT2D eigenvalue weighted by Crippen LogP contribution is 2.31. The number of aliphatic hydroxyl groups is 1. The number of benzene rings is 1. The van der Waals surface area contributed by atoms with E-state index in [9.17, 15) is 27.9 Å². The number of halogens is 2. The lowest BCUT2D eigenvalue weighted by molar-refractivity contribution is -0.168. The van der Waals surface area contributed by atoms with Gasteiger partial charge in [0.15, 0.2) is 0 Å². The van der Waals surface area contributed by atoms with Crippen LogP contribution in [0.5, 0.6) is 0 Å². The van der Waals surface area contributed by atoms with Gasteiger partial charge >= 0.3 is 5.92 Å². The highest BCUT2D eigenvalue weighted by molar-refractivity contribution is 7.87. The Morgan fingerprint density at radius 3 is 2.31 bits per heavy atom. The van der Waals surface area contributed by atoms with Crippen molar-refractivity contribution in [3.63, 3.8) is 0 Å². The van der Waals surface area contributed by atoms with Crippen molar-refractivity contribution in [3.8, 4) is 0 Å². The lowest BCUT2D eigenvalue weighted by Crippen LogP contribution is -2.61. The van der Waals surface area contributed by atoms with Gasteiger partial charge in [0.25, 0.3) is 16.1 Å². The molecule has 1 aliphatic carbocycles. The number of nitrogens with zero attached hydrogens (tertiary/aromatic N) is 2. The molecule has 2 aliphatic heterocycles. The number of amides is 3. The molecule has 17 heteroatoms. The predicted molar refractivity (Wildman–Crippen MR) is 192 cm³/mol. The third-order valence-corrected chi connectivity index (χ3v) is 11.5. The summed E-state index contributed by atoms with van der Waals surface area (Å²) in [6.07, 6.45) is 2.84. The van der Waals surface area contributed by atoms with Crippen LogP contribution in [0.15, 0.2) is 43.0 Å². The fraction of sp³-hybridized carbons (Fsp3) is 0.686. The molecule has 0 aromatic heterocycles. The number of nitrogens with one attached hydrogen (secondary N) is 5. The molecule has 3 aliphatic rings. The predicted octanol–water partition coefficient (Wildman–Crippen LogP) is 0.298. The first kappa shape index (κ1) is 41.7. The highest BCUT2D eigenvalue weighted by atomic mass is 32.2. The van der Waals surface area contributed by atoms with Crippen molar-refractivity contribution in [2.45, 2.75) is 81.5 Å². The smallest absolute Gasteiger partial charge is 0.351 e. The van der Waals surface area contributed by atoms with E-state index in [0.29, 0.717) is 51.5 Å². The molecular formula is C35H55F2N7O7S. The zero-order chi connectivity index (χ0) is 37.6. The largest absolute Gasteiger partial charge is 0.384 e. The first-order chi connectivity index (χ1) is 24.9. The van der Waals surface area contributed by atoms with Crippen LogP contribution in [-0.2, 0) is 35.8 Å². The molecule has 14 nitrogen and oxygen atoms in total. The van der Waals surface area contributed by atoms with E-state index in [4.69, 9.17) is 4.74 Å². The number of rotatable bonds is 19. The Morgan fingerprint density at radius 2 is 1.65 bits per heavy atom. The summed E-state index contributed by atoms with van der Waals surface area (Å²) in [7, 11) is -4.10. The van der Waals surface area contributed by atoms with Gasteiger partial charge in [-0.25, -0.2) is 0 Å². The summed E-state index contributed by atoms with van der Waals surface area (Å²) in [5.74, 6) is -7.64. The lowest BCUT2D eigenvalue weighted by atomic mass is 9.82. The topological polar surface area (TPSA) is 181 Å². The standard InChI is InChI=1S/C35H55F2N7O7S/c1-2-9-28(40-33(47)30(25-27-12-7-4-8-13-27)42-52(49,50)44-18-14-38-15-19-44)32(46)41-29(24-26-10-5-3-6-11-26)31(45)35(36,37)34(48)39-16-17-43-20-22-51-23-21-43/h2,4,7-8,12-13,26,28-31,38,42,45H,1,3,5-6,9-11,14-25H2,(H,39,48)(H,40,47)(H,41,46)/t28-,29-,30?,31?/m0/s1. The van der Waals surface area contributed by atoms with Crippen LogP contribution < -0.4 is 26.0 Å². The average Bonchev–Trinajstić information content (AvgIpc) is 3.15. The monoisotopic (exact) mass is 755 g/mol. The van der Waals surface area contributed by atoms with Crippen molar-refractivity contribution in [3.05, 3.63) is 48.6 Å². The number of piperazine rings is 1. The van der Waals surface area contributed by atoms with Crippen molar-refractivity contribution < 1.29 is 41.4 Å². The van der Waals surface area contributed by atoms with Crippen LogP contribution in [0.2, 0.25) is 0 Å². The number of hydrogen-bond acceptors (Lipinski definition) is 9. The normalized spacial score (nSPS) is 20.6. The second kappa shape index (κ2) is 20.4. The van der Waals surface area contributed by atoms with E-state index in [1.165, 1.54) is 10.4 Å². The summed E-state index contributed by atoms with van der Waals surface area (Å²) < 4.78 is 66.9. The third kappa shape index (κ3) is 12.5. The number of ether oxygens (including phenoxy) is 1. The maximum absolute atomic E-state index is 15.6. The molecule has 4 rings (SSSR count). The average molecular weight is 756 g/mol. The molecule has 2 heterocycles. The first-order valence-electron chi connectivity index (χ1n) is 18.3. The number of carbonyl (C=O) groups is 3. The minimum Gasteiger partial charge on any atom is -0.384 e. The summed E-state index contributed by atoms with van der Waals surface area (Å²) >= 11 is 0. The maximum atomic E-state index is 15.6. The molecule has 0 spiro atoms. The molecule has 4 atom stereocenters. The minimum atomic E-state index is -4.24. The van der Waals surface area contributed by atoms with Crippen molar-refractivity contribution in [1.29, 1.82) is 0 Å². The van der Waals surface area contributed by atoms with Gasteiger partial charge in [-0.1, -0.05) is 68.5 Å². The van der Waals surface area contributed by atoms with E-state index in [2.05, 4.69) is 32.6 Å². The van der Waals surface area contributed by atoms with E-state index < -0.39 is 58.1 Å². The fourth-order valence-electron chi connectivity index (χ4n) is 6.84. The highest BCUT2D eigenvalue weighted by Gasteiger charge is 2.51. The quantitative estimate of drug-likeness (QED) is 0.108. The van der Waals surface area contributed by atoms with E-state index in [-0.39, 0.29) is 44.8 Å². The van der Waals surface area contributed by atoms with Crippen LogP contribution in [0.25, 0.3) is 0 Å².